The number of ether oxygens (including phenoxy) is 4. The maximum absolute atomic E-state index is 12.8. The molecule has 0 amide bonds. The molecule has 1 aliphatic rings. The molecule has 1 heterocycles. The van der Waals surface area contributed by atoms with Crippen molar-refractivity contribution in [1.82, 2.24) is 0 Å². The molecule has 0 unspecified atom stereocenters. The van der Waals surface area contributed by atoms with Crippen molar-refractivity contribution < 1.29 is 36.7 Å². The smallest absolute Gasteiger partial charge is 0.264 e. The van der Waals surface area contributed by atoms with E-state index in [9.17, 15) is 13.5 Å². The van der Waals surface area contributed by atoms with Crippen LogP contribution < -0.4 is 0 Å². The maximum atomic E-state index is 12.8. The first-order valence-electron chi connectivity index (χ1n) is 16.2. The van der Waals surface area contributed by atoms with Gasteiger partial charge in [-0.3, -0.25) is 4.18 Å². The summed E-state index contributed by atoms with van der Waals surface area (Å²) in [6.45, 7) is 0.0676. The van der Waals surface area contributed by atoms with E-state index in [4.69, 9.17) is 23.1 Å². The molecule has 0 aromatic heterocycles. The first kappa shape index (κ1) is 34.7. The predicted molar refractivity (Wildman–Crippen MR) is 186 cm³/mol. The van der Waals surface area contributed by atoms with Crippen molar-refractivity contribution in [2.24, 2.45) is 0 Å². The van der Waals surface area contributed by atoms with Gasteiger partial charge in [-0.1, -0.05) is 152 Å². The predicted octanol–water partition coefficient (Wildman–Crippen LogP) is 6.23. The van der Waals surface area contributed by atoms with Gasteiger partial charge in [0.2, 0.25) is 0 Å². The van der Waals surface area contributed by atoms with Crippen LogP contribution in [-0.4, -0.2) is 57.1 Å². The van der Waals surface area contributed by atoms with Gasteiger partial charge in [0, 0.05) is 0 Å². The van der Waals surface area contributed by atoms with Gasteiger partial charge in [0.25, 0.3) is 10.1 Å². The van der Waals surface area contributed by atoms with Crippen LogP contribution in [0, 0.1) is 0 Å². The van der Waals surface area contributed by atoms with Crippen LogP contribution in [-0.2, 0) is 52.1 Å². The van der Waals surface area contributed by atoms with Gasteiger partial charge in [-0.2, -0.15) is 8.42 Å². The molecule has 8 nitrogen and oxygen atoms in total. The number of rotatable bonds is 14. The van der Waals surface area contributed by atoms with Gasteiger partial charge in [-0.05, 0) is 27.8 Å². The van der Waals surface area contributed by atoms with Gasteiger partial charge >= 0.3 is 0 Å². The van der Waals surface area contributed by atoms with Gasteiger partial charge in [0.05, 0.1) is 26.1 Å². The molecule has 5 atom stereocenters. The number of hydrogen-bond donors (Lipinski definition) is 1. The normalized spacial score (nSPS) is 21.3. The number of aliphatic hydroxyl groups excluding tert-OH is 1. The highest BCUT2D eigenvalue weighted by Crippen LogP contribution is 2.41. The Morgan fingerprint density at radius 2 is 0.980 bits per heavy atom. The van der Waals surface area contributed by atoms with Gasteiger partial charge in [0.15, 0.2) is 6.29 Å². The van der Waals surface area contributed by atoms with Crippen molar-refractivity contribution in [1.29, 1.82) is 0 Å². The Balaban J connectivity index is 1.38. The van der Waals surface area contributed by atoms with Crippen molar-refractivity contribution >= 4 is 10.1 Å². The monoisotopic (exact) mass is 680 g/mol. The Bertz CT molecular complexity index is 1730. The summed E-state index contributed by atoms with van der Waals surface area (Å²) in [7, 11) is -4.04. The second-order valence-corrected chi connectivity index (χ2v) is 13.5. The molecule has 0 spiro atoms. The summed E-state index contributed by atoms with van der Waals surface area (Å²) < 4.78 is 57.2. The Morgan fingerprint density at radius 3 is 1.39 bits per heavy atom. The Kier molecular flexibility index (Phi) is 11.3. The van der Waals surface area contributed by atoms with Gasteiger partial charge in [-0.25, -0.2) is 0 Å². The summed E-state index contributed by atoms with van der Waals surface area (Å²) in [6.07, 6.45) is -4.98. The zero-order valence-electron chi connectivity index (χ0n) is 27.2. The number of hydrogen-bond acceptors (Lipinski definition) is 8. The van der Waals surface area contributed by atoms with E-state index in [1.165, 1.54) is 0 Å². The zero-order chi connectivity index (χ0) is 34.1. The van der Waals surface area contributed by atoms with E-state index in [2.05, 4.69) is 0 Å². The highest BCUT2D eigenvalue weighted by Gasteiger charge is 2.50. The third-order valence-electron chi connectivity index (χ3n) is 8.47. The van der Waals surface area contributed by atoms with Crippen LogP contribution >= 0.6 is 0 Å². The fraction of sp³-hybridized carbons (Fsp3) is 0.250. The van der Waals surface area contributed by atoms with Crippen LogP contribution in [0.1, 0.15) is 27.8 Å². The molecule has 9 heteroatoms. The molecule has 49 heavy (non-hydrogen) atoms. The van der Waals surface area contributed by atoms with Crippen LogP contribution in [0.5, 0.6) is 0 Å². The van der Waals surface area contributed by atoms with Crippen molar-refractivity contribution in [2.75, 3.05) is 12.9 Å². The lowest BCUT2D eigenvalue weighted by Gasteiger charge is -2.45. The fourth-order valence-corrected chi connectivity index (χ4v) is 6.86. The highest BCUT2D eigenvalue weighted by molar-refractivity contribution is 7.86. The first-order chi connectivity index (χ1) is 23.8. The van der Waals surface area contributed by atoms with Crippen LogP contribution in [0.3, 0.4) is 0 Å². The summed E-state index contributed by atoms with van der Waals surface area (Å²) in [4.78, 5) is 0. The fourth-order valence-electron chi connectivity index (χ4n) is 6.22. The zero-order valence-corrected chi connectivity index (χ0v) is 28.0. The van der Waals surface area contributed by atoms with Crippen LogP contribution in [0.15, 0.2) is 152 Å². The molecular formula is C40H40O8S. The third-order valence-corrected chi connectivity index (χ3v) is 9.04. The molecule has 5 aromatic rings. The molecule has 1 aliphatic heterocycles. The largest absolute Gasteiger partial charge is 0.368 e. The summed E-state index contributed by atoms with van der Waals surface area (Å²) in [5.41, 5.74) is 3.14. The lowest BCUT2D eigenvalue weighted by Crippen LogP contribution is -2.62. The topological polar surface area (TPSA) is 101 Å². The average molecular weight is 681 g/mol. The van der Waals surface area contributed by atoms with E-state index in [1.807, 2.05) is 152 Å². The van der Waals surface area contributed by atoms with Crippen molar-refractivity contribution in [3.05, 3.63) is 179 Å². The molecule has 1 N–H and O–H groups in total. The lowest BCUT2D eigenvalue weighted by molar-refractivity contribution is -0.306. The Hall–Kier alpha value is -4.19. The van der Waals surface area contributed by atoms with E-state index in [1.54, 1.807) is 0 Å². The van der Waals surface area contributed by atoms with Crippen molar-refractivity contribution in [3.63, 3.8) is 0 Å². The molecule has 0 aliphatic carbocycles. The van der Waals surface area contributed by atoms with E-state index in [0.717, 1.165) is 34.1 Å². The minimum Gasteiger partial charge on any atom is -0.368 e. The summed E-state index contributed by atoms with van der Waals surface area (Å²) >= 11 is 0. The molecule has 5 aromatic carbocycles. The van der Waals surface area contributed by atoms with E-state index >= 15 is 0 Å². The molecule has 6 rings (SSSR count). The number of aliphatic hydroxyl groups is 1. The van der Waals surface area contributed by atoms with Crippen LogP contribution in [0.2, 0.25) is 0 Å². The maximum Gasteiger partial charge on any atom is 0.264 e. The summed E-state index contributed by atoms with van der Waals surface area (Å²) in [6, 6.07) is 48.3. The van der Waals surface area contributed by atoms with Crippen molar-refractivity contribution in [3.8, 4) is 0 Å². The lowest BCUT2D eigenvalue weighted by atomic mass is 9.80. The molecular weight excluding hydrogens is 640 g/mol. The van der Waals surface area contributed by atoms with Crippen LogP contribution in [0.25, 0.3) is 0 Å². The molecule has 0 radical (unpaired) electrons. The molecule has 0 bridgehead atoms. The quantitative estimate of drug-likeness (QED) is 0.109. The summed E-state index contributed by atoms with van der Waals surface area (Å²) in [5.74, 6) is 0. The second-order valence-electron chi connectivity index (χ2n) is 11.9. The third kappa shape index (κ3) is 8.52. The van der Waals surface area contributed by atoms with Crippen LogP contribution in [0.4, 0.5) is 0 Å². The highest BCUT2D eigenvalue weighted by atomic mass is 32.2. The second kappa shape index (κ2) is 16.0. The Morgan fingerprint density at radius 1 is 0.592 bits per heavy atom. The minimum absolute atomic E-state index is 0.114. The molecule has 254 valence electrons. The van der Waals surface area contributed by atoms with Gasteiger partial charge in [-0.15, -0.1) is 0 Å². The average Bonchev–Trinajstić information content (AvgIpc) is 3.13. The Labute approximate surface area is 287 Å². The standard InChI is InChI=1S/C40H40O8S/c1-49(42,43)48-36-35(29-46-40(32-21-11-4-12-22-32,33-23-13-5-14-24-33)34-25-15-6-16-26-34)47-39(41)38(45-28-31-19-9-3-10-20-31)37(36)44-27-30-17-7-2-8-18-30/h2-26,35-39,41H,27-29H2,1H3/t35-,36-,37+,38-,39+/m1/s1. The number of benzene rings is 5. The molecule has 1 saturated heterocycles. The molecule has 0 saturated carbocycles. The first-order valence-corrected chi connectivity index (χ1v) is 18.0. The molecule has 1 fully saturated rings. The van der Waals surface area contributed by atoms with Gasteiger partial charge < -0.3 is 24.1 Å². The summed E-state index contributed by atoms with van der Waals surface area (Å²) in [5, 5.41) is 11.5. The van der Waals surface area contributed by atoms with Crippen molar-refractivity contribution in [2.45, 2.75) is 49.5 Å². The van der Waals surface area contributed by atoms with E-state index in [-0.39, 0.29) is 19.8 Å². The SMILES string of the molecule is CS(=O)(=O)O[C@H]1[C@H](OCc2ccccc2)[C@@H](OCc2ccccc2)[C@@H](O)O[C@@H]1COC(c1ccccc1)(c1ccccc1)c1ccccc1. The van der Waals surface area contributed by atoms with Gasteiger partial charge in [0.1, 0.15) is 30.0 Å². The van der Waals surface area contributed by atoms with E-state index in [0.29, 0.717) is 0 Å². The van der Waals surface area contributed by atoms with E-state index < -0.39 is 46.4 Å². The minimum atomic E-state index is -4.04.